The van der Waals surface area contributed by atoms with Crippen molar-refractivity contribution in [3.63, 3.8) is 0 Å². The van der Waals surface area contributed by atoms with Gasteiger partial charge in [0.2, 0.25) is 0 Å². The van der Waals surface area contributed by atoms with Crippen LogP contribution in [0.15, 0.2) is 48.5 Å². The van der Waals surface area contributed by atoms with E-state index >= 15 is 0 Å². The Hall–Kier alpha value is -1.62. The van der Waals surface area contributed by atoms with Crippen molar-refractivity contribution in [1.29, 1.82) is 0 Å². The zero-order valence-electron chi connectivity index (χ0n) is 14.4. The molecule has 136 valence electrons. The Morgan fingerprint density at radius 1 is 1.24 bits per heavy atom. The first kappa shape index (κ1) is 19.7. The maximum absolute atomic E-state index is 13.7. The van der Waals surface area contributed by atoms with Gasteiger partial charge in [0.15, 0.2) is 6.10 Å². The van der Waals surface area contributed by atoms with E-state index in [0.717, 1.165) is 30.7 Å². The Kier molecular flexibility index (Phi) is 7.69. The highest BCUT2D eigenvalue weighted by atomic mass is 35.5. The quantitative estimate of drug-likeness (QED) is 0.827. The summed E-state index contributed by atoms with van der Waals surface area (Å²) in [6, 6.07) is 14.7. The average molecular weight is 366 g/mol. The third-order valence-corrected chi connectivity index (χ3v) is 4.22. The predicted octanol–water partition coefficient (Wildman–Crippen LogP) is 4.31. The van der Waals surface area contributed by atoms with Crippen LogP contribution in [0.3, 0.4) is 0 Å². The smallest absolute Gasteiger partial charge is 0.151 e. The minimum atomic E-state index is -0.341. The highest BCUT2D eigenvalue weighted by molar-refractivity contribution is 5.85. The molecule has 2 aromatic carbocycles. The molecule has 0 aromatic heterocycles. The van der Waals surface area contributed by atoms with Crippen molar-refractivity contribution in [2.45, 2.75) is 32.0 Å². The molecule has 1 heterocycles. The maximum atomic E-state index is 13.7. The molecule has 2 atom stereocenters. The van der Waals surface area contributed by atoms with Gasteiger partial charge in [0.25, 0.3) is 0 Å². The number of aryl methyl sites for hydroxylation is 1. The van der Waals surface area contributed by atoms with Crippen molar-refractivity contribution in [2.75, 3.05) is 19.7 Å². The first-order valence-electron chi connectivity index (χ1n) is 8.60. The molecule has 3 nitrogen and oxygen atoms in total. The number of ether oxygens (including phenoxy) is 2. The van der Waals surface area contributed by atoms with Crippen LogP contribution < -0.4 is 10.1 Å². The summed E-state index contributed by atoms with van der Waals surface area (Å²) in [5, 5.41) is 3.33. The zero-order valence-corrected chi connectivity index (χ0v) is 15.2. The zero-order chi connectivity index (χ0) is 16.8. The molecule has 0 spiro atoms. The summed E-state index contributed by atoms with van der Waals surface area (Å²) in [5.41, 5.74) is 1.97. The predicted molar refractivity (Wildman–Crippen MR) is 100 cm³/mol. The van der Waals surface area contributed by atoms with E-state index in [1.54, 1.807) is 6.07 Å². The van der Waals surface area contributed by atoms with Gasteiger partial charge < -0.3 is 14.8 Å². The van der Waals surface area contributed by atoms with Gasteiger partial charge in [0.1, 0.15) is 17.7 Å². The molecule has 25 heavy (non-hydrogen) atoms. The number of rotatable bonds is 6. The Morgan fingerprint density at radius 2 is 2.08 bits per heavy atom. The van der Waals surface area contributed by atoms with Crippen LogP contribution in [0.4, 0.5) is 4.39 Å². The van der Waals surface area contributed by atoms with Crippen LogP contribution in [-0.4, -0.2) is 25.8 Å². The standard InChI is InChI=1S/C20H24FNO2.ClH/c1-2-6-15-7-3-4-10-18(15)24-20(19-14-22-11-12-23-19)16-8-5-9-17(21)13-16;/h3-5,7-10,13,19-20,22H,2,6,11-12,14H2,1H3;1H/t19-,20?;/m0./s1. The summed E-state index contributed by atoms with van der Waals surface area (Å²) in [5.74, 6) is 0.592. The van der Waals surface area contributed by atoms with E-state index in [9.17, 15) is 4.39 Å². The minimum absolute atomic E-state index is 0. The Morgan fingerprint density at radius 3 is 2.80 bits per heavy atom. The second-order valence-corrected chi connectivity index (χ2v) is 6.06. The fraction of sp³-hybridized carbons (Fsp3) is 0.400. The van der Waals surface area contributed by atoms with Crippen LogP contribution in [0.2, 0.25) is 0 Å². The highest BCUT2D eigenvalue weighted by Crippen LogP contribution is 2.30. The molecule has 1 unspecified atom stereocenters. The molecule has 0 aliphatic carbocycles. The van der Waals surface area contributed by atoms with E-state index in [4.69, 9.17) is 9.47 Å². The van der Waals surface area contributed by atoms with Crippen molar-refractivity contribution in [2.24, 2.45) is 0 Å². The topological polar surface area (TPSA) is 30.5 Å². The van der Waals surface area contributed by atoms with Gasteiger partial charge in [0.05, 0.1) is 6.61 Å². The van der Waals surface area contributed by atoms with Gasteiger partial charge in [-0.05, 0) is 35.7 Å². The fourth-order valence-corrected chi connectivity index (χ4v) is 3.05. The van der Waals surface area contributed by atoms with Crippen molar-refractivity contribution < 1.29 is 13.9 Å². The van der Waals surface area contributed by atoms with Gasteiger partial charge in [-0.2, -0.15) is 0 Å². The lowest BCUT2D eigenvalue weighted by Gasteiger charge is -2.32. The van der Waals surface area contributed by atoms with Crippen LogP contribution in [-0.2, 0) is 11.2 Å². The van der Waals surface area contributed by atoms with Gasteiger partial charge in [0, 0.05) is 13.1 Å². The molecule has 1 aliphatic rings. The molecule has 0 bridgehead atoms. The Bertz CT molecular complexity index is 662. The molecule has 2 aromatic rings. The summed E-state index contributed by atoms with van der Waals surface area (Å²) in [4.78, 5) is 0. The van der Waals surface area contributed by atoms with E-state index < -0.39 is 0 Å². The number of para-hydroxylation sites is 1. The van der Waals surface area contributed by atoms with E-state index in [1.807, 2.05) is 24.3 Å². The maximum Gasteiger partial charge on any atom is 0.151 e. The summed E-state index contributed by atoms with van der Waals surface area (Å²) in [6.45, 7) is 4.31. The summed E-state index contributed by atoms with van der Waals surface area (Å²) in [7, 11) is 0. The average Bonchev–Trinajstić information content (AvgIpc) is 2.62. The first-order chi connectivity index (χ1) is 11.8. The van der Waals surface area contributed by atoms with Crippen LogP contribution in [0.1, 0.15) is 30.6 Å². The summed E-state index contributed by atoms with van der Waals surface area (Å²) < 4.78 is 26.0. The lowest BCUT2D eigenvalue weighted by Crippen LogP contribution is -2.43. The highest BCUT2D eigenvalue weighted by Gasteiger charge is 2.28. The van der Waals surface area contributed by atoms with Crippen molar-refractivity contribution in [3.8, 4) is 5.75 Å². The molecular weight excluding hydrogens is 341 g/mol. The number of benzene rings is 2. The van der Waals surface area contributed by atoms with Gasteiger partial charge in [-0.25, -0.2) is 4.39 Å². The largest absolute Gasteiger partial charge is 0.483 e. The molecule has 5 heteroatoms. The number of nitrogens with one attached hydrogen (secondary N) is 1. The van der Waals surface area contributed by atoms with Crippen LogP contribution in [0, 0.1) is 5.82 Å². The molecule has 1 fully saturated rings. The minimum Gasteiger partial charge on any atom is -0.483 e. The molecular formula is C20H25ClFNO2. The van der Waals surface area contributed by atoms with Crippen LogP contribution in [0.25, 0.3) is 0 Å². The molecule has 0 saturated carbocycles. The Balaban J connectivity index is 0.00000225. The third-order valence-electron chi connectivity index (χ3n) is 4.22. The second kappa shape index (κ2) is 9.76. The molecule has 3 rings (SSSR count). The van der Waals surface area contributed by atoms with E-state index in [1.165, 1.54) is 17.7 Å². The van der Waals surface area contributed by atoms with Crippen molar-refractivity contribution in [3.05, 3.63) is 65.5 Å². The SMILES string of the molecule is CCCc1ccccc1OC(c1cccc(F)c1)[C@@H]1CNCCO1.Cl. The van der Waals surface area contributed by atoms with Gasteiger partial charge in [-0.3, -0.25) is 0 Å². The normalized spacial score (nSPS) is 18.2. The third kappa shape index (κ3) is 5.18. The number of hydrogen-bond donors (Lipinski definition) is 1. The van der Waals surface area contributed by atoms with Gasteiger partial charge >= 0.3 is 0 Å². The van der Waals surface area contributed by atoms with Gasteiger partial charge in [-0.1, -0.05) is 43.7 Å². The molecule has 0 amide bonds. The lowest BCUT2D eigenvalue weighted by molar-refractivity contribution is -0.0435. The van der Waals surface area contributed by atoms with E-state index in [2.05, 4.69) is 18.3 Å². The second-order valence-electron chi connectivity index (χ2n) is 6.06. The van der Waals surface area contributed by atoms with Crippen molar-refractivity contribution in [1.82, 2.24) is 5.32 Å². The van der Waals surface area contributed by atoms with Crippen LogP contribution >= 0.6 is 12.4 Å². The molecule has 1 saturated heterocycles. The molecule has 1 N–H and O–H groups in total. The van der Waals surface area contributed by atoms with E-state index in [0.29, 0.717) is 13.2 Å². The fourth-order valence-electron chi connectivity index (χ4n) is 3.05. The number of halogens is 2. The monoisotopic (exact) mass is 365 g/mol. The number of hydrogen-bond acceptors (Lipinski definition) is 3. The lowest BCUT2D eigenvalue weighted by atomic mass is 10.0. The molecule has 1 aliphatic heterocycles. The van der Waals surface area contributed by atoms with E-state index in [-0.39, 0.29) is 30.4 Å². The van der Waals surface area contributed by atoms with Gasteiger partial charge in [-0.15, -0.1) is 12.4 Å². The summed E-state index contributed by atoms with van der Waals surface area (Å²) in [6.07, 6.45) is 1.52. The first-order valence-corrected chi connectivity index (χ1v) is 8.60. The van der Waals surface area contributed by atoms with Crippen molar-refractivity contribution >= 4 is 12.4 Å². The van der Waals surface area contributed by atoms with Crippen LogP contribution in [0.5, 0.6) is 5.75 Å². The summed E-state index contributed by atoms with van der Waals surface area (Å²) >= 11 is 0. The Labute approximate surface area is 154 Å². The molecule has 0 radical (unpaired) electrons. The number of morpholine rings is 1.